The molecule has 0 fully saturated rings. The van der Waals surface area contributed by atoms with E-state index in [2.05, 4.69) is 32.0 Å². The van der Waals surface area contributed by atoms with Crippen molar-refractivity contribution < 1.29 is 9.47 Å². The zero-order chi connectivity index (χ0) is 14.1. The van der Waals surface area contributed by atoms with Crippen molar-refractivity contribution in [2.75, 3.05) is 13.2 Å². The highest BCUT2D eigenvalue weighted by molar-refractivity contribution is 6.22. The Morgan fingerprint density at radius 1 is 0.950 bits per heavy atom. The molecular formula is C17H17ClO2. The van der Waals surface area contributed by atoms with Crippen LogP contribution in [0.3, 0.4) is 0 Å². The highest BCUT2D eigenvalue weighted by atomic mass is 35.5. The van der Waals surface area contributed by atoms with E-state index in [4.69, 9.17) is 21.1 Å². The van der Waals surface area contributed by atoms with Crippen molar-refractivity contribution in [2.45, 2.75) is 19.2 Å². The lowest BCUT2D eigenvalue weighted by molar-refractivity contribution is 0.171. The summed E-state index contributed by atoms with van der Waals surface area (Å²) in [7, 11) is 0. The van der Waals surface area contributed by atoms with E-state index >= 15 is 0 Å². The first-order valence-corrected chi connectivity index (χ1v) is 7.19. The molecule has 20 heavy (non-hydrogen) atoms. The van der Waals surface area contributed by atoms with Crippen LogP contribution in [0, 0.1) is 13.8 Å². The Bertz CT molecular complexity index is 637. The Labute approximate surface area is 124 Å². The van der Waals surface area contributed by atoms with Gasteiger partial charge in [-0.3, -0.25) is 0 Å². The van der Waals surface area contributed by atoms with Crippen LogP contribution in [0.5, 0.6) is 11.5 Å². The lowest BCUT2D eigenvalue weighted by Gasteiger charge is -2.20. The minimum absolute atomic E-state index is 0.175. The van der Waals surface area contributed by atoms with E-state index in [0.717, 1.165) is 22.6 Å². The second-order valence-corrected chi connectivity index (χ2v) is 5.56. The average Bonchev–Trinajstić information content (AvgIpc) is 2.48. The summed E-state index contributed by atoms with van der Waals surface area (Å²) in [6, 6.07) is 12.3. The van der Waals surface area contributed by atoms with Crippen molar-refractivity contribution in [3.63, 3.8) is 0 Å². The Morgan fingerprint density at radius 2 is 1.70 bits per heavy atom. The van der Waals surface area contributed by atoms with Gasteiger partial charge in [-0.1, -0.05) is 29.8 Å². The van der Waals surface area contributed by atoms with E-state index < -0.39 is 0 Å². The van der Waals surface area contributed by atoms with Gasteiger partial charge >= 0.3 is 0 Å². The van der Waals surface area contributed by atoms with Crippen LogP contribution in [0.1, 0.15) is 27.6 Å². The zero-order valence-electron chi connectivity index (χ0n) is 11.7. The molecule has 0 aliphatic carbocycles. The van der Waals surface area contributed by atoms with Crippen LogP contribution in [0.2, 0.25) is 0 Å². The Kier molecular flexibility index (Phi) is 3.58. The van der Waals surface area contributed by atoms with Crippen LogP contribution in [0.4, 0.5) is 0 Å². The first-order chi connectivity index (χ1) is 9.65. The summed E-state index contributed by atoms with van der Waals surface area (Å²) >= 11 is 6.65. The second kappa shape index (κ2) is 5.37. The van der Waals surface area contributed by atoms with Crippen LogP contribution in [-0.4, -0.2) is 13.2 Å². The number of aryl methyl sites for hydroxylation is 2. The Morgan fingerprint density at radius 3 is 2.50 bits per heavy atom. The molecule has 0 saturated heterocycles. The quantitative estimate of drug-likeness (QED) is 0.763. The maximum Gasteiger partial charge on any atom is 0.161 e. The highest BCUT2D eigenvalue weighted by Gasteiger charge is 2.18. The maximum absolute atomic E-state index is 6.65. The molecule has 1 aliphatic rings. The smallest absolute Gasteiger partial charge is 0.161 e. The standard InChI is InChI=1S/C17H17ClO2/c1-11-3-4-12(2)14(9-11)17(18)13-5-6-15-16(10-13)20-8-7-19-15/h3-6,9-10,17H,7-8H2,1-2H3. The molecule has 1 unspecified atom stereocenters. The predicted molar refractivity (Wildman–Crippen MR) is 81.0 cm³/mol. The number of hydrogen-bond acceptors (Lipinski definition) is 2. The summed E-state index contributed by atoms with van der Waals surface area (Å²) in [6.07, 6.45) is 0. The summed E-state index contributed by atoms with van der Waals surface area (Å²) in [5.41, 5.74) is 4.59. The molecule has 1 aliphatic heterocycles. The van der Waals surface area contributed by atoms with Crippen molar-refractivity contribution in [3.05, 3.63) is 58.7 Å². The van der Waals surface area contributed by atoms with E-state index in [1.807, 2.05) is 18.2 Å². The third kappa shape index (κ3) is 2.48. The van der Waals surface area contributed by atoms with Crippen LogP contribution in [-0.2, 0) is 0 Å². The van der Waals surface area contributed by atoms with Crippen molar-refractivity contribution in [2.24, 2.45) is 0 Å². The zero-order valence-corrected chi connectivity index (χ0v) is 12.4. The van der Waals surface area contributed by atoms with E-state index in [1.54, 1.807) is 0 Å². The fraction of sp³-hybridized carbons (Fsp3) is 0.294. The Balaban J connectivity index is 1.97. The molecule has 0 radical (unpaired) electrons. The van der Waals surface area contributed by atoms with Gasteiger partial charge < -0.3 is 9.47 Å². The molecule has 0 spiro atoms. The fourth-order valence-corrected chi connectivity index (χ4v) is 2.80. The summed E-state index contributed by atoms with van der Waals surface area (Å²) in [5, 5.41) is -0.175. The monoisotopic (exact) mass is 288 g/mol. The minimum atomic E-state index is -0.175. The van der Waals surface area contributed by atoms with E-state index in [-0.39, 0.29) is 5.38 Å². The molecule has 1 atom stereocenters. The fourth-order valence-electron chi connectivity index (χ4n) is 2.43. The van der Waals surface area contributed by atoms with Crippen molar-refractivity contribution in [1.29, 1.82) is 0 Å². The summed E-state index contributed by atoms with van der Waals surface area (Å²) in [6.45, 7) is 5.36. The van der Waals surface area contributed by atoms with Crippen molar-refractivity contribution in [3.8, 4) is 11.5 Å². The third-order valence-electron chi connectivity index (χ3n) is 3.57. The molecule has 2 aromatic rings. The van der Waals surface area contributed by atoms with Crippen molar-refractivity contribution in [1.82, 2.24) is 0 Å². The highest BCUT2D eigenvalue weighted by Crippen LogP contribution is 2.37. The topological polar surface area (TPSA) is 18.5 Å². The number of alkyl halides is 1. The Hall–Kier alpha value is -1.67. The largest absolute Gasteiger partial charge is 0.486 e. The number of benzene rings is 2. The van der Waals surface area contributed by atoms with E-state index in [0.29, 0.717) is 13.2 Å². The molecule has 104 valence electrons. The summed E-state index contributed by atoms with van der Waals surface area (Å²) in [4.78, 5) is 0. The van der Waals surface area contributed by atoms with Gasteiger partial charge in [0.15, 0.2) is 11.5 Å². The van der Waals surface area contributed by atoms with Gasteiger partial charge in [-0.05, 0) is 42.7 Å². The van der Waals surface area contributed by atoms with Gasteiger partial charge in [0, 0.05) is 0 Å². The number of fused-ring (bicyclic) bond motifs is 1. The molecule has 0 bridgehead atoms. The maximum atomic E-state index is 6.65. The van der Waals surface area contributed by atoms with Gasteiger partial charge in [-0.2, -0.15) is 0 Å². The lowest BCUT2D eigenvalue weighted by Crippen LogP contribution is -2.15. The average molecular weight is 289 g/mol. The van der Waals surface area contributed by atoms with Gasteiger partial charge in [-0.25, -0.2) is 0 Å². The predicted octanol–water partition coefficient (Wildman–Crippen LogP) is 4.40. The molecule has 0 aromatic heterocycles. The van der Waals surface area contributed by atoms with Crippen LogP contribution < -0.4 is 9.47 Å². The number of rotatable bonds is 2. The molecule has 2 aromatic carbocycles. The van der Waals surface area contributed by atoms with Gasteiger partial charge in [0.25, 0.3) is 0 Å². The number of hydrogen-bond donors (Lipinski definition) is 0. The molecule has 0 N–H and O–H groups in total. The third-order valence-corrected chi connectivity index (χ3v) is 4.05. The lowest BCUT2D eigenvalue weighted by atomic mass is 9.98. The van der Waals surface area contributed by atoms with Gasteiger partial charge in [0.1, 0.15) is 13.2 Å². The first kappa shape index (κ1) is 13.3. The molecule has 0 amide bonds. The van der Waals surface area contributed by atoms with E-state index in [9.17, 15) is 0 Å². The SMILES string of the molecule is Cc1ccc(C)c(C(Cl)c2ccc3c(c2)OCCO3)c1. The van der Waals surface area contributed by atoms with Crippen LogP contribution in [0.15, 0.2) is 36.4 Å². The van der Waals surface area contributed by atoms with E-state index in [1.165, 1.54) is 11.1 Å². The minimum Gasteiger partial charge on any atom is -0.486 e. The molecule has 2 nitrogen and oxygen atoms in total. The summed E-state index contributed by atoms with van der Waals surface area (Å²) < 4.78 is 11.2. The molecular weight excluding hydrogens is 272 g/mol. The molecule has 3 heteroatoms. The van der Waals surface area contributed by atoms with Gasteiger partial charge in [0.05, 0.1) is 5.38 Å². The molecule has 3 rings (SSSR count). The van der Waals surface area contributed by atoms with Crippen LogP contribution >= 0.6 is 11.6 Å². The van der Waals surface area contributed by atoms with Crippen molar-refractivity contribution >= 4 is 11.6 Å². The normalized spacial score (nSPS) is 14.9. The summed E-state index contributed by atoms with van der Waals surface area (Å²) in [5.74, 6) is 1.58. The molecule has 0 saturated carbocycles. The molecule has 1 heterocycles. The van der Waals surface area contributed by atoms with Crippen LogP contribution in [0.25, 0.3) is 0 Å². The van der Waals surface area contributed by atoms with Gasteiger partial charge in [-0.15, -0.1) is 11.6 Å². The number of halogens is 1. The van der Waals surface area contributed by atoms with Gasteiger partial charge in [0.2, 0.25) is 0 Å². The second-order valence-electron chi connectivity index (χ2n) is 5.13. The number of ether oxygens (including phenoxy) is 2. The first-order valence-electron chi connectivity index (χ1n) is 6.76.